The minimum Gasteiger partial charge on any atom is -0.467 e. The van der Waals surface area contributed by atoms with Crippen molar-refractivity contribution >= 4 is 11.8 Å². The molecule has 0 bridgehead atoms. The number of benzene rings is 1. The van der Waals surface area contributed by atoms with E-state index in [1.165, 1.54) is 14.2 Å². The second kappa shape index (κ2) is 8.42. The number of aromatic nitrogens is 3. The summed E-state index contributed by atoms with van der Waals surface area (Å²) in [6.07, 6.45) is 0. The topological polar surface area (TPSA) is 115 Å². The smallest absolute Gasteiger partial charge is 0.322 e. The van der Waals surface area contributed by atoms with Gasteiger partial charge in [0, 0.05) is 5.56 Å². The van der Waals surface area contributed by atoms with Crippen molar-refractivity contribution in [2.75, 3.05) is 20.8 Å². The van der Waals surface area contributed by atoms with Crippen molar-refractivity contribution in [1.82, 2.24) is 25.6 Å². The van der Waals surface area contributed by atoms with Crippen LogP contribution in [0.3, 0.4) is 0 Å². The van der Waals surface area contributed by atoms with E-state index in [2.05, 4.69) is 25.6 Å². The van der Waals surface area contributed by atoms with Gasteiger partial charge in [-0.05, 0) is 12.1 Å². The Kier molecular flexibility index (Phi) is 6.01. The van der Waals surface area contributed by atoms with Gasteiger partial charge in [-0.3, -0.25) is 9.59 Å². The first-order chi connectivity index (χ1) is 11.6. The lowest BCUT2D eigenvalue weighted by Crippen LogP contribution is -2.36. The standard InChI is InChI=1S/C15H17N5O4/c1-23-14-18-11(19-15(20-14)24-2)8-16-12(21)9-17-13(22)10-6-4-3-5-7-10/h3-7H,8-9H2,1-2H3,(H,16,21)(H,17,22). The van der Waals surface area contributed by atoms with Gasteiger partial charge in [0.15, 0.2) is 5.82 Å². The summed E-state index contributed by atoms with van der Waals surface area (Å²) in [4.78, 5) is 35.5. The van der Waals surface area contributed by atoms with Gasteiger partial charge in [0.05, 0.1) is 27.3 Å². The molecule has 0 radical (unpaired) electrons. The minimum atomic E-state index is -0.377. The third kappa shape index (κ3) is 4.90. The highest BCUT2D eigenvalue weighted by molar-refractivity contribution is 5.96. The van der Waals surface area contributed by atoms with Gasteiger partial charge in [-0.2, -0.15) is 9.97 Å². The van der Waals surface area contributed by atoms with Crippen LogP contribution in [0.15, 0.2) is 30.3 Å². The quantitative estimate of drug-likeness (QED) is 0.730. The summed E-state index contributed by atoms with van der Waals surface area (Å²) in [5.74, 6) is -0.423. The Morgan fingerprint density at radius 3 is 2.17 bits per heavy atom. The van der Waals surface area contributed by atoms with Crippen molar-refractivity contribution in [3.05, 3.63) is 41.7 Å². The largest absolute Gasteiger partial charge is 0.467 e. The Balaban J connectivity index is 1.84. The Morgan fingerprint density at radius 1 is 0.958 bits per heavy atom. The van der Waals surface area contributed by atoms with Gasteiger partial charge in [0.25, 0.3) is 5.91 Å². The monoisotopic (exact) mass is 331 g/mol. The predicted molar refractivity (Wildman–Crippen MR) is 83.6 cm³/mol. The van der Waals surface area contributed by atoms with E-state index in [9.17, 15) is 9.59 Å². The van der Waals surface area contributed by atoms with Crippen LogP contribution in [0.25, 0.3) is 0 Å². The third-order valence-electron chi connectivity index (χ3n) is 2.89. The van der Waals surface area contributed by atoms with Crippen molar-refractivity contribution in [3.8, 4) is 12.0 Å². The number of nitrogens with zero attached hydrogens (tertiary/aromatic N) is 3. The van der Waals surface area contributed by atoms with Crippen LogP contribution in [0, 0.1) is 0 Å². The van der Waals surface area contributed by atoms with Gasteiger partial charge in [-0.25, -0.2) is 0 Å². The molecule has 1 heterocycles. The zero-order chi connectivity index (χ0) is 17.4. The van der Waals surface area contributed by atoms with Crippen molar-refractivity contribution in [1.29, 1.82) is 0 Å². The molecule has 2 amide bonds. The molecule has 2 aromatic rings. The zero-order valence-electron chi connectivity index (χ0n) is 13.3. The molecule has 0 unspecified atom stereocenters. The lowest BCUT2D eigenvalue weighted by Gasteiger charge is -2.08. The fraction of sp³-hybridized carbons (Fsp3) is 0.267. The summed E-state index contributed by atoms with van der Waals surface area (Å²) < 4.78 is 9.84. The number of carbonyl (C=O) groups excluding carboxylic acids is 2. The number of hydrogen-bond acceptors (Lipinski definition) is 7. The van der Waals surface area contributed by atoms with Crippen LogP contribution in [-0.2, 0) is 11.3 Å². The molecule has 2 rings (SSSR count). The fourth-order valence-electron chi connectivity index (χ4n) is 1.73. The van der Waals surface area contributed by atoms with Gasteiger partial charge in [0.2, 0.25) is 5.91 Å². The molecule has 0 aliphatic carbocycles. The average molecular weight is 331 g/mol. The molecule has 9 nitrogen and oxygen atoms in total. The van der Waals surface area contributed by atoms with Gasteiger partial charge >= 0.3 is 12.0 Å². The van der Waals surface area contributed by atoms with Crippen molar-refractivity contribution in [3.63, 3.8) is 0 Å². The molecule has 9 heteroatoms. The zero-order valence-corrected chi connectivity index (χ0v) is 13.3. The number of amides is 2. The highest BCUT2D eigenvalue weighted by atomic mass is 16.5. The Labute approximate surface area is 138 Å². The maximum absolute atomic E-state index is 11.8. The van der Waals surface area contributed by atoms with Crippen LogP contribution in [0.4, 0.5) is 0 Å². The molecule has 24 heavy (non-hydrogen) atoms. The molecule has 0 aliphatic rings. The van der Waals surface area contributed by atoms with E-state index >= 15 is 0 Å². The van der Waals surface area contributed by atoms with E-state index < -0.39 is 0 Å². The normalized spacial score (nSPS) is 9.92. The van der Waals surface area contributed by atoms with E-state index in [1.54, 1.807) is 30.3 Å². The van der Waals surface area contributed by atoms with Crippen molar-refractivity contribution in [2.24, 2.45) is 0 Å². The van der Waals surface area contributed by atoms with Crippen LogP contribution in [0.1, 0.15) is 16.2 Å². The average Bonchev–Trinajstić information content (AvgIpc) is 2.64. The summed E-state index contributed by atoms with van der Waals surface area (Å²) >= 11 is 0. The highest BCUT2D eigenvalue weighted by Crippen LogP contribution is 2.08. The van der Waals surface area contributed by atoms with E-state index in [0.29, 0.717) is 5.56 Å². The molecule has 126 valence electrons. The van der Waals surface area contributed by atoms with Crippen molar-refractivity contribution in [2.45, 2.75) is 6.54 Å². The second-order valence-electron chi connectivity index (χ2n) is 4.55. The molecule has 0 fully saturated rings. The van der Waals surface area contributed by atoms with Crippen LogP contribution < -0.4 is 20.1 Å². The first kappa shape index (κ1) is 17.1. The van der Waals surface area contributed by atoms with Crippen LogP contribution >= 0.6 is 0 Å². The van der Waals surface area contributed by atoms with Crippen LogP contribution in [0.5, 0.6) is 12.0 Å². The molecule has 0 saturated carbocycles. The summed E-state index contributed by atoms with van der Waals surface area (Å²) in [7, 11) is 2.83. The fourth-order valence-corrected chi connectivity index (χ4v) is 1.73. The number of rotatable bonds is 7. The number of carbonyl (C=O) groups is 2. The first-order valence-electron chi connectivity index (χ1n) is 7.05. The van der Waals surface area contributed by atoms with Gasteiger partial charge in [-0.15, -0.1) is 4.98 Å². The van der Waals surface area contributed by atoms with Crippen LogP contribution in [-0.4, -0.2) is 47.5 Å². The number of nitrogens with one attached hydrogen (secondary N) is 2. The summed E-state index contributed by atoms with van der Waals surface area (Å²) in [6, 6.07) is 8.80. The summed E-state index contributed by atoms with van der Waals surface area (Å²) in [5, 5.41) is 5.12. The SMILES string of the molecule is COc1nc(CNC(=O)CNC(=O)c2ccccc2)nc(OC)n1. The lowest BCUT2D eigenvalue weighted by molar-refractivity contribution is -0.120. The van der Waals surface area contributed by atoms with Crippen molar-refractivity contribution < 1.29 is 19.1 Å². The second-order valence-corrected chi connectivity index (χ2v) is 4.55. The Bertz CT molecular complexity index is 686. The van der Waals surface area contributed by atoms with E-state index in [-0.39, 0.29) is 42.7 Å². The Hall–Kier alpha value is -3.23. The summed E-state index contributed by atoms with van der Waals surface area (Å²) in [5.41, 5.74) is 0.484. The van der Waals surface area contributed by atoms with Gasteiger partial charge in [-0.1, -0.05) is 18.2 Å². The van der Waals surface area contributed by atoms with E-state index in [0.717, 1.165) is 0 Å². The van der Waals surface area contributed by atoms with E-state index in [1.807, 2.05) is 0 Å². The molecule has 2 N–H and O–H groups in total. The molecule has 0 atom stereocenters. The Morgan fingerprint density at radius 2 is 1.58 bits per heavy atom. The number of methoxy groups -OCH3 is 2. The minimum absolute atomic E-state index is 0.0509. The van der Waals surface area contributed by atoms with E-state index in [4.69, 9.17) is 9.47 Å². The number of hydrogen-bond donors (Lipinski definition) is 2. The molecular weight excluding hydrogens is 314 g/mol. The third-order valence-corrected chi connectivity index (χ3v) is 2.89. The van der Waals surface area contributed by atoms with Gasteiger partial charge < -0.3 is 20.1 Å². The van der Waals surface area contributed by atoms with Gasteiger partial charge in [0.1, 0.15) is 0 Å². The molecule has 1 aromatic heterocycles. The lowest BCUT2D eigenvalue weighted by atomic mass is 10.2. The van der Waals surface area contributed by atoms with Crippen LogP contribution in [0.2, 0.25) is 0 Å². The molecular formula is C15H17N5O4. The molecule has 0 saturated heterocycles. The maximum Gasteiger partial charge on any atom is 0.322 e. The number of ether oxygens (including phenoxy) is 2. The predicted octanol–water partition coefficient (Wildman–Crippen LogP) is -0.0650. The molecule has 0 spiro atoms. The molecule has 0 aliphatic heterocycles. The maximum atomic E-state index is 11.8. The highest BCUT2D eigenvalue weighted by Gasteiger charge is 2.10. The molecule has 1 aromatic carbocycles. The summed E-state index contributed by atoms with van der Waals surface area (Å²) in [6.45, 7) is -0.109. The first-order valence-corrected chi connectivity index (χ1v) is 7.05.